The number of hydrogen-bond donors (Lipinski definition) is 1. The Balaban J connectivity index is 2.31. The Morgan fingerprint density at radius 3 is 2.71 bits per heavy atom. The molecule has 0 spiro atoms. The minimum Gasteiger partial charge on any atom is -0.305 e. The summed E-state index contributed by atoms with van der Waals surface area (Å²) in [4.78, 5) is 23.8. The van der Waals surface area contributed by atoms with E-state index < -0.39 is 0 Å². The molecule has 106 valence electrons. The zero-order chi connectivity index (χ0) is 15.0. The first-order valence-corrected chi connectivity index (χ1v) is 7.50. The molecular weight excluding hydrogens is 330 g/mol. The van der Waals surface area contributed by atoms with Gasteiger partial charge < -0.3 is 4.98 Å². The third kappa shape index (κ3) is 2.49. The monoisotopic (exact) mass is 343 g/mol. The van der Waals surface area contributed by atoms with Crippen molar-refractivity contribution < 1.29 is 0 Å². The van der Waals surface area contributed by atoms with Crippen LogP contribution in [0.15, 0.2) is 45.9 Å². The van der Waals surface area contributed by atoms with Crippen LogP contribution in [-0.4, -0.2) is 15.0 Å². The van der Waals surface area contributed by atoms with Crippen molar-refractivity contribution in [1.82, 2.24) is 15.0 Å². The Kier molecular flexibility index (Phi) is 3.59. The summed E-state index contributed by atoms with van der Waals surface area (Å²) in [6.07, 6.45) is 3.54. The van der Waals surface area contributed by atoms with Crippen LogP contribution < -0.4 is 5.56 Å². The Bertz CT molecular complexity index is 866. The molecule has 0 aliphatic rings. The van der Waals surface area contributed by atoms with Gasteiger partial charge in [-0.05, 0) is 27.2 Å². The lowest BCUT2D eigenvalue weighted by Crippen LogP contribution is -2.14. The first kappa shape index (κ1) is 13.9. The summed E-state index contributed by atoms with van der Waals surface area (Å²) in [7, 11) is 0. The summed E-state index contributed by atoms with van der Waals surface area (Å²) in [5, 5.41) is 2.04. The van der Waals surface area contributed by atoms with E-state index in [2.05, 4.69) is 30.9 Å². The first-order valence-electron chi connectivity index (χ1n) is 6.70. The minimum atomic E-state index is -0.170. The van der Waals surface area contributed by atoms with Crippen molar-refractivity contribution in [3.63, 3.8) is 0 Å². The van der Waals surface area contributed by atoms with Crippen molar-refractivity contribution in [2.75, 3.05) is 0 Å². The van der Waals surface area contributed by atoms with E-state index in [1.54, 1.807) is 12.4 Å². The molecule has 0 bridgehead atoms. The molecule has 0 aliphatic carbocycles. The SMILES string of the molecule is CC(C)c1nc(-c2cncc3ccccc23)[nH]c(=O)c1Br. The van der Waals surface area contributed by atoms with E-state index in [0.717, 1.165) is 22.0 Å². The number of H-pyrrole nitrogens is 1. The smallest absolute Gasteiger partial charge is 0.265 e. The largest absolute Gasteiger partial charge is 0.305 e. The molecule has 2 heterocycles. The molecule has 0 fully saturated rings. The summed E-state index contributed by atoms with van der Waals surface area (Å²) in [5.74, 6) is 0.708. The number of nitrogens with zero attached hydrogens (tertiary/aromatic N) is 2. The van der Waals surface area contributed by atoms with Gasteiger partial charge in [-0.3, -0.25) is 9.78 Å². The van der Waals surface area contributed by atoms with Crippen LogP contribution in [0.1, 0.15) is 25.5 Å². The number of rotatable bonds is 2. The molecule has 4 nitrogen and oxygen atoms in total. The number of fused-ring (bicyclic) bond motifs is 1. The molecular formula is C16H14BrN3O. The minimum absolute atomic E-state index is 0.156. The maximum atomic E-state index is 12.1. The second-order valence-corrected chi connectivity index (χ2v) is 5.97. The van der Waals surface area contributed by atoms with Crippen molar-refractivity contribution in [2.24, 2.45) is 0 Å². The third-order valence-corrected chi connectivity index (χ3v) is 4.12. The second kappa shape index (κ2) is 5.41. The van der Waals surface area contributed by atoms with Crippen molar-refractivity contribution >= 4 is 26.7 Å². The Labute approximate surface area is 130 Å². The number of aromatic amines is 1. The summed E-state index contributed by atoms with van der Waals surface area (Å²) >= 11 is 3.32. The van der Waals surface area contributed by atoms with Crippen LogP contribution in [0.5, 0.6) is 0 Å². The van der Waals surface area contributed by atoms with Gasteiger partial charge >= 0.3 is 0 Å². The highest BCUT2D eigenvalue weighted by Crippen LogP contribution is 2.27. The van der Waals surface area contributed by atoms with E-state index >= 15 is 0 Å². The maximum Gasteiger partial charge on any atom is 0.265 e. The van der Waals surface area contributed by atoms with Crippen LogP contribution in [0.25, 0.3) is 22.2 Å². The van der Waals surface area contributed by atoms with Crippen LogP contribution in [0.4, 0.5) is 0 Å². The Hall–Kier alpha value is -2.01. The van der Waals surface area contributed by atoms with E-state index in [-0.39, 0.29) is 11.5 Å². The predicted molar refractivity (Wildman–Crippen MR) is 87.4 cm³/mol. The number of benzene rings is 1. The number of hydrogen-bond acceptors (Lipinski definition) is 3. The molecule has 0 radical (unpaired) electrons. The average molecular weight is 344 g/mol. The van der Waals surface area contributed by atoms with Crippen molar-refractivity contribution in [3.05, 3.63) is 57.2 Å². The van der Waals surface area contributed by atoms with Crippen LogP contribution in [0, 0.1) is 0 Å². The van der Waals surface area contributed by atoms with Gasteiger partial charge in [-0.25, -0.2) is 4.98 Å². The van der Waals surface area contributed by atoms with Crippen molar-refractivity contribution in [3.8, 4) is 11.4 Å². The topological polar surface area (TPSA) is 58.6 Å². The predicted octanol–water partition coefficient (Wildman–Crippen LogP) is 3.87. The summed E-state index contributed by atoms with van der Waals surface area (Å²) < 4.78 is 0.495. The molecule has 0 amide bonds. The van der Waals surface area contributed by atoms with Gasteiger partial charge in [-0.2, -0.15) is 0 Å². The fourth-order valence-corrected chi connectivity index (χ4v) is 2.94. The number of aromatic nitrogens is 3. The van der Waals surface area contributed by atoms with Crippen LogP contribution in [-0.2, 0) is 0 Å². The van der Waals surface area contributed by atoms with Gasteiger partial charge in [0, 0.05) is 23.3 Å². The van der Waals surface area contributed by atoms with Gasteiger partial charge in [0.1, 0.15) is 10.3 Å². The van der Waals surface area contributed by atoms with E-state index in [4.69, 9.17) is 0 Å². The number of nitrogens with one attached hydrogen (secondary N) is 1. The van der Waals surface area contributed by atoms with Gasteiger partial charge in [-0.15, -0.1) is 0 Å². The number of pyridine rings is 1. The quantitative estimate of drug-likeness (QED) is 0.768. The molecule has 3 rings (SSSR count). The average Bonchev–Trinajstić information content (AvgIpc) is 2.49. The molecule has 5 heteroatoms. The number of halogens is 1. The van der Waals surface area contributed by atoms with Crippen molar-refractivity contribution in [2.45, 2.75) is 19.8 Å². The molecule has 0 unspecified atom stereocenters. The fraction of sp³-hybridized carbons (Fsp3) is 0.188. The highest BCUT2D eigenvalue weighted by molar-refractivity contribution is 9.10. The van der Waals surface area contributed by atoms with Gasteiger partial charge in [-0.1, -0.05) is 38.1 Å². The van der Waals surface area contributed by atoms with Crippen LogP contribution >= 0.6 is 15.9 Å². The zero-order valence-corrected chi connectivity index (χ0v) is 13.3. The van der Waals surface area contributed by atoms with Gasteiger partial charge in [0.2, 0.25) is 0 Å². The molecule has 1 N–H and O–H groups in total. The summed E-state index contributed by atoms with van der Waals surface area (Å²) in [6, 6.07) is 7.92. The molecule has 0 saturated heterocycles. The van der Waals surface area contributed by atoms with Crippen LogP contribution in [0.2, 0.25) is 0 Å². The maximum absolute atomic E-state index is 12.1. The first-order chi connectivity index (χ1) is 10.1. The highest BCUT2D eigenvalue weighted by atomic mass is 79.9. The molecule has 3 aromatic rings. The molecule has 1 aromatic carbocycles. The molecule has 2 aromatic heterocycles. The highest BCUT2D eigenvalue weighted by Gasteiger charge is 2.14. The molecule has 21 heavy (non-hydrogen) atoms. The lowest BCUT2D eigenvalue weighted by atomic mass is 10.1. The molecule has 0 saturated carbocycles. The normalized spacial score (nSPS) is 11.2. The fourth-order valence-electron chi connectivity index (χ4n) is 2.29. The van der Waals surface area contributed by atoms with Gasteiger partial charge in [0.25, 0.3) is 5.56 Å². The van der Waals surface area contributed by atoms with Gasteiger partial charge in [0.05, 0.1) is 5.69 Å². The van der Waals surface area contributed by atoms with E-state index in [1.165, 1.54) is 0 Å². The standard InChI is InChI=1S/C16H14BrN3O/c1-9(2)14-13(17)16(21)20-15(19-14)12-8-18-7-10-5-3-4-6-11(10)12/h3-9H,1-2H3,(H,19,20,21). The Morgan fingerprint density at radius 2 is 1.95 bits per heavy atom. The van der Waals surface area contributed by atoms with E-state index in [1.807, 2.05) is 38.1 Å². The van der Waals surface area contributed by atoms with Crippen LogP contribution in [0.3, 0.4) is 0 Å². The zero-order valence-electron chi connectivity index (χ0n) is 11.7. The Morgan fingerprint density at radius 1 is 1.19 bits per heavy atom. The van der Waals surface area contributed by atoms with Gasteiger partial charge in [0.15, 0.2) is 0 Å². The van der Waals surface area contributed by atoms with E-state index in [0.29, 0.717) is 10.3 Å². The summed E-state index contributed by atoms with van der Waals surface area (Å²) in [6.45, 7) is 4.02. The molecule has 0 atom stereocenters. The molecule has 0 aliphatic heterocycles. The summed E-state index contributed by atoms with van der Waals surface area (Å²) in [5.41, 5.74) is 1.41. The lowest BCUT2D eigenvalue weighted by molar-refractivity contribution is 0.803. The lowest BCUT2D eigenvalue weighted by Gasteiger charge is -2.10. The van der Waals surface area contributed by atoms with Crippen molar-refractivity contribution in [1.29, 1.82) is 0 Å². The second-order valence-electron chi connectivity index (χ2n) is 5.18. The third-order valence-electron chi connectivity index (χ3n) is 3.36. The van der Waals surface area contributed by atoms with E-state index in [9.17, 15) is 4.79 Å².